The van der Waals surface area contributed by atoms with E-state index in [1.807, 2.05) is 0 Å². The number of hydrogen-bond donors (Lipinski definition) is 1. The lowest BCUT2D eigenvalue weighted by Crippen LogP contribution is -2.25. The molecule has 25 heavy (non-hydrogen) atoms. The SMILES string of the molecule is COc1ccc(Oc2noc(=O)n2S(=O)(=O)c2c(N)noc2C)cc1. The summed E-state index contributed by atoms with van der Waals surface area (Å²) in [7, 11) is -3.00. The fourth-order valence-electron chi connectivity index (χ4n) is 2.03. The van der Waals surface area contributed by atoms with Crippen molar-refractivity contribution in [3.05, 3.63) is 40.6 Å². The van der Waals surface area contributed by atoms with Gasteiger partial charge in [0, 0.05) is 0 Å². The largest absolute Gasteiger partial charge is 0.497 e. The van der Waals surface area contributed by atoms with Gasteiger partial charge in [0.25, 0.3) is 10.0 Å². The van der Waals surface area contributed by atoms with Crippen molar-refractivity contribution in [1.82, 2.24) is 14.3 Å². The predicted molar refractivity (Wildman–Crippen MR) is 82.1 cm³/mol. The minimum absolute atomic E-state index is 0.0963. The second-order valence-corrected chi connectivity index (χ2v) is 6.45. The van der Waals surface area contributed by atoms with Crippen LogP contribution in [0.4, 0.5) is 5.82 Å². The van der Waals surface area contributed by atoms with Crippen LogP contribution in [0, 0.1) is 6.92 Å². The first-order valence-corrected chi connectivity index (χ1v) is 8.16. The molecule has 0 spiro atoms. The van der Waals surface area contributed by atoms with Crippen LogP contribution in [0.1, 0.15) is 5.76 Å². The third kappa shape index (κ3) is 2.82. The summed E-state index contributed by atoms with van der Waals surface area (Å²) in [6, 6.07) is 5.54. The van der Waals surface area contributed by atoms with Gasteiger partial charge in [-0.1, -0.05) is 5.16 Å². The van der Waals surface area contributed by atoms with E-state index >= 15 is 0 Å². The highest BCUT2D eigenvalue weighted by atomic mass is 32.2. The minimum atomic E-state index is -4.49. The molecule has 0 bridgehead atoms. The molecule has 12 heteroatoms. The highest BCUT2D eigenvalue weighted by Gasteiger charge is 2.33. The van der Waals surface area contributed by atoms with Gasteiger partial charge in [0.1, 0.15) is 11.5 Å². The molecule has 2 aromatic heterocycles. The number of benzene rings is 1. The molecule has 0 fully saturated rings. The van der Waals surface area contributed by atoms with Gasteiger partial charge in [0.05, 0.1) is 7.11 Å². The van der Waals surface area contributed by atoms with Crippen molar-refractivity contribution in [2.75, 3.05) is 12.8 Å². The highest BCUT2D eigenvalue weighted by molar-refractivity contribution is 7.90. The first-order valence-electron chi connectivity index (χ1n) is 6.72. The van der Waals surface area contributed by atoms with Crippen molar-refractivity contribution in [2.24, 2.45) is 0 Å². The number of aromatic nitrogens is 3. The van der Waals surface area contributed by atoms with Gasteiger partial charge in [-0.05, 0) is 36.3 Å². The zero-order valence-corrected chi connectivity index (χ0v) is 13.8. The van der Waals surface area contributed by atoms with Crippen LogP contribution >= 0.6 is 0 Å². The fourth-order valence-corrected chi connectivity index (χ4v) is 3.42. The smallest absolute Gasteiger partial charge is 0.458 e. The van der Waals surface area contributed by atoms with Crippen molar-refractivity contribution in [3.63, 3.8) is 0 Å². The number of nitrogens with zero attached hydrogens (tertiary/aromatic N) is 3. The van der Waals surface area contributed by atoms with Gasteiger partial charge in [-0.3, -0.25) is 4.52 Å². The second kappa shape index (κ2) is 5.98. The van der Waals surface area contributed by atoms with Crippen molar-refractivity contribution < 1.29 is 26.9 Å². The van der Waals surface area contributed by atoms with E-state index < -0.39 is 32.5 Å². The fraction of sp³-hybridized carbons (Fsp3) is 0.154. The number of ether oxygens (including phenoxy) is 2. The van der Waals surface area contributed by atoms with Crippen LogP contribution in [-0.2, 0) is 10.0 Å². The average Bonchev–Trinajstić information content (AvgIpc) is 3.11. The third-order valence-corrected chi connectivity index (χ3v) is 4.94. The molecule has 11 nitrogen and oxygen atoms in total. The van der Waals surface area contributed by atoms with Crippen molar-refractivity contribution in [2.45, 2.75) is 11.8 Å². The number of nitrogen functional groups attached to an aromatic ring is 1. The molecule has 2 N–H and O–H groups in total. The molecule has 3 rings (SSSR count). The lowest BCUT2D eigenvalue weighted by atomic mass is 10.3. The summed E-state index contributed by atoms with van der Waals surface area (Å²) in [4.78, 5) is 11.4. The topological polar surface area (TPSA) is 153 Å². The van der Waals surface area contributed by atoms with E-state index in [-0.39, 0.29) is 15.5 Å². The summed E-state index contributed by atoms with van der Waals surface area (Å²) in [5.41, 5.74) is 5.51. The van der Waals surface area contributed by atoms with Gasteiger partial charge >= 0.3 is 11.8 Å². The van der Waals surface area contributed by atoms with E-state index in [1.165, 1.54) is 26.2 Å². The van der Waals surface area contributed by atoms with Crippen LogP contribution in [0.3, 0.4) is 0 Å². The highest BCUT2D eigenvalue weighted by Crippen LogP contribution is 2.28. The van der Waals surface area contributed by atoms with E-state index in [1.54, 1.807) is 12.1 Å². The quantitative estimate of drug-likeness (QED) is 0.682. The van der Waals surface area contributed by atoms with Crippen LogP contribution < -0.4 is 21.0 Å². The molecule has 0 aliphatic rings. The van der Waals surface area contributed by atoms with E-state index in [0.717, 1.165) is 0 Å². The normalized spacial score (nSPS) is 11.4. The maximum absolute atomic E-state index is 12.7. The Kier molecular flexibility index (Phi) is 3.96. The van der Waals surface area contributed by atoms with Gasteiger partial charge in [0.15, 0.2) is 16.5 Å². The Labute approximate surface area is 140 Å². The first-order chi connectivity index (χ1) is 11.8. The van der Waals surface area contributed by atoms with Gasteiger partial charge in [-0.15, -0.1) is 3.97 Å². The first kappa shape index (κ1) is 16.6. The Morgan fingerprint density at radius 3 is 2.32 bits per heavy atom. The number of aryl methyl sites for hydroxylation is 1. The number of hydrogen-bond acceptors (Lipinski definition) is 10. The molecule has 132 valence electrons. The van der Waals surface area contributed by atoms with Crippen LogP contribution in [0.25, 0.3) is 0 Å². The van der Waals surface area contributed by atoms with E-state index in [9.17, 15) is 13.2 Å². The zero-order chi connectivity index (χ0) is 18.2. The summed E-state index contributed by atoms with van der Waals surface area (Å²) in [6.07, 6.45) is 0. The maximum atomic E-state index is 12.7. The number of rotatable bonds is 5. The Balaban J connectivity index is 2.06. The molecule has 0 saturated carbocycles. The summed E-state index contributed by atoms with van der Waals surface area (Å²) < 4.78 is 45.1. The van der Waals surface area contributed by atoms with Crippen molar-refractivity contribution in [1.29, 1.82) is 0 Å². The standard InChI is InChI=1S/C13H12N4O7S/c1-7-10(11(14)15-23-7)25(19,20)17-12(16-24-13(17)18)22-9-5-3-8(21-2)4-6-9/h3-6H,1-2H3,(H2,14,15). The monoisotopic (exact) mass is 368 g/mol. The van der Waals surface area contributed by atoms with Gasteiger partial charge in [0.2, 0.25) is 0 Å². The molecular weight excluding hydrogens is 356 g/mol. The Hall–Kier alpha value is -3.28. The predicted octanol–water partition coefficient (Wildman–Crippen LogP) is 0.753. The van der Waals surface area contributed by atoms with Crippen LogP contribution in [0.15, 0.2) is 43.0 Å². The Morgan fingerprint density at radius 2 is 1.76 bits per heavy atom. The number of nitrogens with two attached hydrogens (primary N) is 1. The molecule has 2 heterocycles. The number of methoxy groups -OCH3 is 1. The molecular formula is C13H12N4O7S. The molecule has 0 amide bonds. The molecule has 0 saturated heterocycles. The van der Waals surface area contributed by atoms with E-state index in [2.05, 4.69) is 14.8 Å². The van der Waals surface area contributed by atoms with Gasteiger partial charge < -0.3 is 19.7 Å². The van der Waals surface area contributed by atoms with E-state index in [4.69, 9.17) is 19.7 Å². The minimum Gasteiger partial charge on any atom is -0.497 e. The summed E-state index contributed by atoms with van der Waals surface area (Å²) in [6.45, 7) is 1.33. The molecule has 0 aliphatic carbocycles. The Morgan fingerprint density at radius 1 is 1.12 bits per heavy atom. The summed E-state index contributed by atoms with van der Waals surface area (Å²) >= 11 is 0. The van der Waals surface area contributed by atoms with Crippen LogP contribution in [0.2, 0.25) is 0 Å². The summed E-state index contributed by atoms with van der Waals surface area (Å²) in [5, 5.41) is 6.70. The lowest BCUT2D eigenvalue weighted by Gasteiger charge is -2.07. The molecule has 1 aromatic carbocycles. The maximum Gasteiger partial charge on any atom is 0.458 e. The van der Waals surface area contributed by atoms with Crippen molar-refractivity contribution >= 4 is 15.8 Å². The van der Waals surface area contributed by atoms with Gasteiger partial charge in [-0.25, -0.2) is 13.2 Å². The summed E-state index contributed by atoms with van der Waals surface area (Å²) in [5.74, 6) is -1.01. The lowest BCUT2D eigenvalue weighted by molar-refractivity contribution is 0.350. The average molecular weight is 368 g/mol. The molecule has 0 atom stereocenters. The number of anilines is 1. The second-order valence-electron chi connectivity index (χ2n) is 4.73. The zero-order valence-electron chi connectivity index (χ0n) is 13.0. The Bertz CT molecular complexity index is 1040. The van der Waals surface area contributed by atoms with Crippen molar-refractivity contribution in [3.8, 4) is 17.5 Å². The van der Waals surface area contributed by atoms with Crippen LogP contribution in [0.5, 0.6) is 17.5 Å². The molecule has 0 aliphatic heterocycles. The van der Waals surface area contributed by atoms with E-state index in [0.29, 0.717) is 5.75 Å². The van der Waals surface area contributed by atoms with Gasteiger partial charge in [-0.2, -0.15) is 0 Å². The molecule has 3 aromatic rings. The molecule has 0 radical (unpaired) electrons. The van der Waals surface area contributed by atoms with Crippen LogP contribution in [-0.4, -0.2) is 29.8 Å². The third-order valence-electron chi connectivity index (χ3n) is 3.14. The molecule has 0 unspecified atom stereocenters.